The number of amides is 1. The summed E-state index contributed by atoms with van der Waals surface area (Å²) in [5.74, 6) is 0.162. The largest absolute Gasteiger partial charge is 0.342 e. The van der Waals surface area contributed by atoms with Gasteiger partial charge in [0.1, 0.15) is 5.82 Å². The lowest BCUT2D eigenvalue weighted by atomic mass is 9.72. The van der Waals surface area contributed by atoms with Gasteiger partial charge >= 0.3 is 0 Å². The number of aromatic nitrogens is 1. The predicted octanol–water partition coefficient (Wildman–Crippen LogP) is 3.98. The SMILES string of the molecule is Cc1c(F)cccc1CN1CCC2(CCC(=O)N(CCc3ccccn3)C2)CC1. The number of pyridine rings is 1. The van der Waals surface area contributed by atoms with Crippen molar-refractivity contribution in [3.05, 3.63) is 65.2 Å². The van der Waals surface area contributed by atoms with Crippen molar-refractivity contribution in [2.45, 2.75) is 45.6 Å². The molecule has 0 saturated carbocycles. The predicted molar refractivity (Wildman–Crippen MR) is 112 cm³/mol. The molecule has 2 fully saturated rings. The van der Waals surface area contributed by atoms with Gasteiger partial charge < -0.3 is 4.90 Å². The molecule has 4 nitrogen and oxygen atoms in total. The van der Waals surface area contributed by atoms with Crippen LogP contribution in [0.3, 0.4) is 0 Å². The number of halogens is 1. The maximum Gasteiger partial charge on any atom is 0.222 e. The number of hydrogen-bond donors (Lipinski definition) is 0. The Hall–Kier alpha value is -2.27. The van der Waals surface area contributed by atoms with Crippen molar-refractivity contribution in [2.24, 2.45) is 5.41 Å². The highest BCUT2D eigenvalue weighted by atomic mass is 19.1. The van der Waals surface area contributed by atoms with Crippen LogP contribution in [-0.4, -0.2) is 46.9 Å². The highest BCUT2D eigenvalue weighted by molar-refractivity contribution is 5.77. The molecule has 2 saturated heterocycles. The molecular formula is C24H30FN3O. The van der Waals surface area contributed by atoms with Gasteiger partial charge in [0, 0.05) is 44.4 Å². The van der Waals surface area contributed by atoms with Gasteiger partial charge in [0.15, 0.2) is 0 Å². The molecule has 1 amide bonds. The van der Waals surface area contributed by atoms with Crippen LogP contribution in [0.25, 0.3) is 0 Å². The lowest BCUT2D eigenvalue weighted by Crippen LogP contribution is -2.51. The summed E-state index contributed by atoms with van der Waals surface area (Å²) < 4.78 is 13.8. The molecule has 1 aromatic carbocycles. The molecule has 4 rings (SSSR count). The van der Waals surface area contributed by atoms with E-state index < -0.39 is 0 Å². The number of rotatable bonds is 5. The van der Waals surface area contributed by atoms with Gasteiger partial charge in [0.05, 0.1) is 0 Å². The first-order valence-corrected chi connectivity index (χ1v) is 10.7. The first-order chi connectivity index (χ1) is 14.0. The standard InChI is InChI=1S/C24H30FN3O/c1-19-20(5-4-7-22(19)25)17-27-15-11-24(12-16-27)10-8-23(29)28(18-24)14-9-21-6-2-3-13-26-21/h2-7,13H,8-12,14-18H2,1H3. The minimum Gasteiger partial charge on any atom is -0.342 e. The van der Waals surface area contributed by atoms with Crippen LogP contribution in [-0.2, 0) is 17.8 Å². The fraction of sp³-hybridized carbons (Fsp3) is 0.500. The van der Waals surface area contributed by atoms with Gasteiger partial charge in [-0.1, -0.05) is 18.2 Å². The molecule has 0 aliphatic carbocycles. The van der Waals surface area contributed by atoms with E-state index in [2.05, 4.69) is 14.8 Å². The smallest absolute Gasteiger partial charge is 0.222 e. The number of carbonyl (C=O) groups excluding carboxylic acids is 1. The molecular weight excluding hydrogens is 365 g/mol. The Morgan fingerprint density at radius 2 is 1.93 bits per heavy atom. The van der Waals surface area contributed by atoms with Crippen molar-refractivity contribution in [1.29, 1.82) is 0 Å². The number of nitrogens with zero attached hydrogens (tertiary/aromatic N) is 3. The molecule has 0 unspecified atom stereocenters. The van der Waals surface area contributed by atoms with Crippen molar-refractivity contribution < 1.29 is 9.18 Å². The molecule has 29 heavy (non-hydrogen) atoms. The molecule has 0 N–H and O–H groups in total. The minimum absolute atomic E-state index is 0.120. The zero-order valence-corrected chi connectivity index (χ0v) is 17.2. The van der Waals surface area contributed by atoms with Crippen LogP contribution in [0.15, 0.2) is 42.6 Å². The number of benzene rings is 1. The maximum atomic E-state index is 13.8. The molecule has 2 aliphatic rings. The fourth-order valence-electron chi connectivity index (χ4n) is 4.76. The van der Waals surface area contributed by atoms with Gasteiger partial charge in [-0.2, -0.15) is 0 Å². The van der Waals surface area contributed by atoms with Crippen LogP contribution in [0.2, 0.25) is 0 Å². The fourth-order valence-corrected chi connectivity index (χ4v) is 4.76. The average Bonchev–Trinajstić information content (AvgIpc) is 2.75. The maximum absolute atomic E-state index is 13.8. The van der Waals surface area contributed by atoms with E-state index in [0.29, 0.717) is 6.42 Å². The van der Waals surface area contributed by atoms with Crippen molar-refractivity contribution in [3.8, 4) is 0 Å². The highest BCUT2D eigenvalue weighted by Crippen LogP contribution is 2.40. The van der Waals surface area contributed by atoms with Crippen LogP contribution in [0.4, 0.5) is 4.39 Å². The van der Waals surface area contributed by atoms with Crippen molar-refractivity contribution >= 4 is 5.91 Å². The molecule has 2 aromatic rings. The van der Waals surface area contributed by atoms with E-state index in [1.807, 2.05) is 37.4 Å². The Labute approximate surface area is 172 Å². The first kappa shape index (κ1) is 20.0. The van der Waals surface area contributed by atoms with Crippen LogP contribution >= 0.6 is 0 Å². The van der Waals surface area contributed by atoms with Gasteiger partial charge in [-0.25, -0.2) is 4.39 Å². The number of carbonyl (C=O) groups is 1. The second kappa shape index (κ2) is 8.62. The number of likely N-dealkylation sites (tertiary alicyclic amines) is 2. The molecule has 154 valence electrons. The van der Waals surface area contributed by atoms with E-state index in [0.717, 1.165) is 75.2 Å². The molecule has 0 atom stereocenters. The summed E-state index contributed by atoms with van der Waals surface area (Å²) in [6.45, 7) is 6.32. The summed E-state index contributed by atoms with van der Waals surface area (Å²) in [4.78, 5) is 21.4. The van der Waals surface area contributed by atoms with Gasteiger partial charge in [-0.3, -0.25) is 14.7 Å². The quantitative estimate of drug-likeness (QED) is 0.768. The second-order valence-corrected chi connectivity index (χ2v) is 8.69. The lowest BCUT2D eigenvalue weighted by molar-refractivity contribution is -0.139. The van der Waals surface area contributed by atoms with E-state index >= 15 is 0 Å². The van der Waals surface area contributed by atoms with Gasteiger partial charge in [0.2, 0.25) is 5.91 Å². The molecule has 5 heteroatoms. The molecule has 0 radical (unpaired) electrons. The zero-order valence-electron chi connectivity index (χ0n) is 17.2. The minimum atomic E-state index is -0.120. The summed E-state index contributed by atoms with van der Waals surface area (Å²) in [7, 11) is 0. The van der Waals surface area contributed by atoms with E-state index in [-0.39, 0.29) is 17.1 Å². The van der Waals surface area contributed by atoms with Gasteiger partial charge in [-0.05, 0) is 74.0 Å². The van der Waals surface area contributed by atoms with Crippen molar-refractivity contribution in [2.75, 3.05) is 26.2 Å². The third-order valence-electron chi connectivity index (χ3n) is 6.80. The monoisotopic (exact) mass is 395 g/mol. The summed E-state index contributed by atoms with van der Waals surface area (Å²) >= 11 is 0. The summed E-state index contributed by atoms with van der Waals surface area (Å²) in [6, 6.07) is 11.3. The molecule has 3 heterocycles. The molecule has 0 bridgehead atoms. The zero-order chi connectivity index (χ0) is 20.3. The Morgan fingerprint density at radius 3 is 2.69 bits per heavy atom. The second-order valence-electron chi connectivity index (χ2n) is 8.69. The van der Waals surface area contributed by atoms with E-state index in [1.165, 1.54) is 6.07 Å². The number of hydrogen-bond acceptors (Lipinski definition) is 3. The first-order valence-electron chi connectivity index (χ1n) is 10.7. The van der Waals surface area contributed by atoms with Gasteiger partial charge in [0.25, 0.3) is 0 Å². The Kier molecular flexibility index (Phi) is 5.95. The summed E-state index contributed by atoms with van der Waals surface area (Å²) in [5.41, 5.74) is 3.12. The Morgan fingerprint density at radius 1 is 1.10 bits per heavy atom. The lowest BCUT2D eigenvalue weighted by Gasteiger charge is -2.47. The summed E-state index contributed by atoms with van der Waals surface area (Å²) in [5, 5.41) is 0. The normalized spacial score (nSPS) is 19.7. The average molecular weight is 396 g/mol. The highest BCUT2D eigenvalue weighted by Gasteiger charge is 2.40. The van der Waals surface area contributed by atoms with E-state index in [9.17, 15) is 9.18 Å². The van der Waals surface area contributed by atoms with Crippen LogP contribution in [0.5, 0.6) is 0 Å². The summed E-state index contributed by atoms with van der Waals surface area (Å²) in [6.07, 6.45) is 6.49. The van der Waals surface area contributed by atoms with Crippen LogP contribution in [0, 0.1) is 18.2 Å². The Bertz CT molecular complexity index is 846. The third kappa shape index (κ3) is 4.67. The van der Waals surface area contributed by atoms with Crippen molar-refractivity contribution in [1.82, 2.24) is 14.8 Å². The third-order valence-corrected chi connectivity index (χ3v) is 6.80. The molecule has 1 spiro atoms. The van der Waals surface area contributed by atoms with E-state index in [1.54, 1.807) is 6.07 Å². The van der Waals surface area contributed by atoms with Gasteiger partial charge in [-0.15, -0.1) is 0 Å². The van der Waals surface area contributed by atoms with Crippen LogP contribution < -0.4 is 0 Å². The topological polar surface area (TPSA) is 36.4 Å². The Balaban J connectivity index is 1.33. The van der Waals surface area contributed by atoms with E-state index in [4.69, 9.17) is 0 Å². The molecule has 1 aromatic heterocycles. The van der Waals surface area contributed by atoms with Crippen LogP contribution in [0.1, 0.15) is 42.5 Å². The number of piperidine rings is 2. The molecule has 2 aliphatic heterocycles. The van der Waals surface area contributed by atoms with Crippen molar-refractivity contribution in [3.63, 3.8) is 0 Å².